The number of aliphatic carboxylic acids is 1. The highest BCUT2D eigenvalue weighted by Crippen LogP contribution is 2.36. The molecule has 1 heterocycles. The second kappa shape index (κ2) is 5.82. The molecule has 4 nitrogen and oxygen atoms in total. The van der Waals surface area contributed by atoms with Crippen LogP contribution in [0, 0.1) is 22.6 Å². The molecule has 1 aliphatic rings. The number of halogens is 1. The molecule has 1 atom stereocenters. The Morgan fingerprint density at radius 1 is 1.57 bits per heavy atom. The van der Waals surface area contributed by atoms with Crippen LogP contribution in [0.5, 0.6) is 0 Å². The van der Waals surface area contributed by atoms with Crippen molar-refractivity contribution in [1.82, 2.24) is 4.90 Å². The van der Waals surface area contributed by atoms with Crippen LogP contribution in [-0.2, 0) is 11.3 Å². The van der Waals surface area contributed by atoms with E-state index in [0.717, 1.165) is 12.8 Å². The summed E-state index contributed by atoms with van der Waals surface area (Å²) in [5.74, 6) is -1.30. The Hall–Kier alpha value is -1.93. The summed E-state index contributed by atoms with van der Waals surface area (Å²) >= 11 is 0. The number of hydrogen-bond acceptors (Lipinski definition) is 3. The summed E-state index contributed by atoms with van der Waals surface area (Å²) in [6, 6.07) is 5.45. The zero-order valence-corrected chi connectivity index (χ0v) is 12.3. The van der Waals surface area contributed by atoms with Gasteiger partial charge in [-0.2, -0.15) is 5.26 Å². The number of piperidine rings is 1. The molecule has 5 heteroatoms. The Morgan fingerprint density at radius 3 is 2.90 bits per heavy atom. The van der Waals surface area contributed by atoms with E-state index in [9.17, 15) is 14.3 Å². The number of carboxylic acid groups (broad SMARTS) is 1. The summed E-state index contributed by atoms with van der Waals surface area (Å²) in [6.07, 6.45) is 1.77. The van der Waals surface area contributed by atoms with Gasteiger partial charge in [0.1, 0.15) is 11.9 Å². The first kappa shape index (κ1) is 15.5. The van der Waals surface area contributed by atoms with Crippen LogP contribution in [0.4, 0.5) is 4.39 Å². The van der Waals surface area contributed by atoms with Crippen molar-refractivity contribution in [3.63, 3.8) is 0 Å². The maximum absolute atomic E-state index is 13.2. The lowest BCUT2D eigenvalue weighted by Gasteiger charge is -2.44. The van der Waals surface area contributed by atoms with E-state index in [0.29, 0.717) is 18.7 Å². The van der Waals surface area contributed by atoms with Crippen LogP contribution in [0.15, 0.2) is 18.2 Å². The van der Waals surface area contributed by atoms with Gasteiger partial charge in [0.15, 0.2) is 0 Å². The summed E-state index contributed by atoms with van der Waals surface area (Å²) in [6.45, 7) is 4.92. The van der Waals surface area contributed by atoms with Gasteiger partial charge in [-0.25, -0.2) is 4.39 Å². The van der Waals surface area contributed by atoms with E-state index in [1.165, 1.54) is 12.1 Å². The second-order valence-corrected chi connectivity index (χ2v) is 6.22. The highest BCUT2D eigenvalue weighted by molar-refractivity contribution is 5.74. The molecule has 2 rings (SSSR count). The van der Waals surface area contributed by atoms with Crippen molar-refractivity contribution in [2.75, 3.05) is 6.54 Å². The van der Waals surface area contributed by atoms with Crippen LogP contribution in [0.1, 0.15) is 37.8 Å². The molecule has 0 spiro atoms. The minimum absolute atomic E-state index is 0.266. The number of likely N-dealkylation sites (tertiary alicyclic amines) is 1. The molecule has 0 bridgehead atoms. The summed E-state index contributed by atoms with van der Waals surface area (Å²) < 4.78 is 13.2. The van der Waals surface area contributed by atoms with Crippen LogP contribution in [0.25, 0.3) is 0 Å². The largest absolute Gasteiger partial charge is 0.480 e. The van der Waals surface area contributed by atoms with Gasteiger partial charge >= 0.3 is 5.97 Å². The number of nitriles is 1. The SMILES string of the molecule is CC1(C)CCCN(Cc2ccc(F)cc2C#N)C1C(=O)O. The lowest BCUT2D eigenvalue weighted by molar-refractivity contribution is -0.151. The lowest BCUT2D eigenvalue weighted by Crippen LogP contribution is -2.53. The molecule has 1 aromatic rings. The van der Waals surface area contributed by atoms with Crippen molar-refractivity contribution in [2.45, 2.75) is 39.3 Å². The quantitative estimate of drug-likeness (QED) is 0.929. The molecule has 1 unspecified atom stereocenters. The molecule has 0 aliphatic carbocycles. The first-order chi connectivity index (χ1) is 9.85. The average Bonchev–Trinajstić information content (AvgIpc) is 2.39. The molecule has 1 saturated heterocycles. The number of carboxylic acids is 1. The van der Waals surface area contributed by atoms with Crippen LogP contribution in [0.3, 0.4) is 0 Å². The van der Waals surface area contributed by atoms with Crippen molar-refractivity contribution in [1.29, 1.82) is 5.26 Å². The number of hydrogen-bond donors (Lipinski definition) is 1. The minimum Gasteiger partial charge on any atom is -0.480 e. The molecule has 0 radical (unpaired) electrons. The van der Waals surface area contributed by atoms with E-state index >= 15 is 0 Å². The summed E-state index contributed by atoms with van der Waals surface area (Å²) in [5.41, 5.74) is 0.613. The number of carbonyl (C=O) groups is 1. The number of rotatable bonds is 3. The summed E-state index contributed by atoms with van der Waals surface area (Å²) in [4.78, 5) is 13.5. The lowest BCUT2D eigenvalue weighted by atomic mass is 9.76. The minimum atomic E-state index is -0.847. The van der Waals surface area contributed by atoms with Gasteiger partial charge in [0.25, 0.3) is 0 Å². The fourth-order valence-electron chi connectivity index (χ4n) is 3.17. The van der Waals surface area contributed by atoms with E-state index in [1.807, 2.05) is 24.8 Å². The van der Waals surface area contributed by atoms with Gasteiger partial charge in [0.05, 0.1) is 11.6 Å². The van der Waals surface area contributed by atoms with Gasteiger partial charge in [-0.1, -0.05) is 19.9 Å². The van der Waals surface area contributed by atoms with Crippen molar-refractivity contribution >= 4 is 5.97 Å². The smallest absolute Gasteiger partial charge is 0.321 e. The predicted octanol–water partition coefficient (Wildman–Crippen LogP) is 2.77. The van der Waals surface area contributed by atoms with E-state index in [1.54, 1.807) is 6.07 Å². The third kappa shape index (κ3) is 3.22. The van der Waals surface area contributed by atoms with E-state index in [4.69, 9.17) is 5.26 Å². The average molecular weight is 290 g/mol. The standard InChI is InChI=1S/C16H19FN2O2/c1-16(2)6-3-7-19(14(16)15(20)21)10-11-4-5-13(17)8-12(11)9-18/h4-5,8,14H,3,6-7,10H2,1-2H3,(H,20,21). The van der Waals surface area contributed by atoms with Gasteiger partial charge in [0.2, 0.25) is 0 Å². The Kier molecular flexibility index (Phi) is 4.29. The highest BCUT2D eigenvalue weighted by Gasteiger charge is 2.42. The monoisotopic (exact) mass is 290 g/mol. The fraction of sp³-hybridized carbons (Fsp3) is 0.500. The van der Waals surface area contributed by atoms with Gasteiger partial charge in [-0.05, 0) is 42.5 Å². The van der Waals surface area contributed by atoms with Crippen molar-refractivity contribution in [3.8, 4) is 6.07 Å². The first-order valence-corrected chi connectivity index (χ1v) is 7.00. The third-order valence-electron chi connectivity index (χ3n) is 4.17. The maximum Gasteiger partial charge on any atom is 0.321 e. The van der Waals surface area contributed by atoms with Crippen LogP contribution < -0.4 is 0 Å². The molecular weight excluding hydrogens is 271 g/mol. The Labute approximate surface area is 123 Å². The number of benzene rings is 1. The van der Waals surface area contributed by atoms with Crippen LogP contribution in [0.2, 0.25) is 0 Å². The van der Waals surface area contributed by atoms with Gasteiger partial charge in [0, 0.05) is 6.54 Å². The van der Waals surface area contributed by atoms with Crippen LogP contribution in [-0.4, -0.2) is 28.6 Å². The summed E-state index contributed by atoms with van der Waals surface area (Å²) in [5, 5.41) is 18.6. The Morgan fingerprint density at radius 2 is 2.29 bits per heavy atom. The second-order valence-electron chi connectivity index (χ2n) is 6.22. The highest BCUT2D eigenvalue weighted by atomic mass is 19.1. The zero-order chi connectivity index (χ0) is 15.6. The molecule has 21 heavy (non-hydrogen) atoms. The Bertz CT molecular complexity index is 592. The van der Waals surface area contributed by atoms with E-state index in [-0.39, 0.29) is 11.0 Å². The van der Waals surface area contributed by atoms with Gasteiger partial charge in [-0.3, -0.25) is 9.69 Å². The van der Waals surface area contributed by atoms with Gasteiger partial charge in [-0.15, -0.1) is 0 Å². The molecular formula is C16H19FN2O2. The zero-order valence-electron chi connectivity index (χ0n) is 12.3. The topological polar surface area (TPSA) is 64.3 Å². The number of nitrogens with zero attached hydrogens (tertiary/aromatic N) is 2. The molecule has 1 aliphatic heterocycles. The van der Waals surface area contributed by atoms with Crippen molar-refractivity contribution in [3.05, 3.63) is 35.1 Å². The Balaban J connectivity index is 2.29. The molecule has 1 N–H and O–H groups in total. The maximum atomic E-state index is 13.2. The molecule has 0 aromatic heterocycles. The molecule has 1 aromatic carbocycles. The summed E-state index contributed by atoms with van der Waals surface area (Å²) in [7, 11) is 0. The van der Waals surface area contributed by atoms with E-state index < -0.39 is 17.8 Å². The normalized spacial score (nSPS) is 21.7. The van der Waals surface area contributed by atoms with E-state index in [2.05, 4.69) is 0 Å². The fourth-order valence-corrected chi connectivity index (χ4v) is 3.17. The van der Waals surface area contributed by atoms with Crippen molar-refractivity contribution in [2.24, 2.45) is 5.41 Å². The molecule has 1 fully saturated rings. The third-order valence-corrected chi connectivity index (χ3v) is 4.17. The first-order valence-electron chi connectivity index (χ1n) is 7.00. The van der Waals surface area contributed by atoms with Gasteiger partial charge < -0.3 is 5.11 Å². The predicted molar refractivity (Wildman–Crippen MR) is 76.0 cm³/mol. The molecule has 112 valence electrons. The molecule has 0 saturated carbocycles. The molecule has 0 amide bonds. The van der Waals surface area contributed by atoms with Crippen LogP contribution >= 0.6 is 0 Å². The van der Waals surface area contributed by atoms with Crippen molar-refractivity contribution < 1.29 is 14.3 Å².